The van der Waals surface area contributed by atoms with Gasteiger partial charge in [0.05, 0.1) is 26.6 Å². The fourth-order valence-corrected chi connectivity index (χ4v) is 2.52. The molecule has 1 amide bonds. The van der Waals surface area contributed by atoms with Crippen LogP contribution in [-0.4, -0.2) is 46.2 Å². The van der Waals surface area contributed by atoms with Gasteiger partial charge in [0.15, 0.2) is 5.82 Å². The van der Waals surface area contributed by atoms with Crippen LogP contribution in [0.4, 0.5) is 0 Å². The predicted molar refractivity (Wildman–Crippen MR) is 99.8 cm³/mol. The van der Waals surface area contributed by atoms with Crippen LogP contribution in [0.1, 0.15) is 23.3 Å². The summed E-state index contributed by atoms with van der Waals surface area (Å²) < 4.78 is 12.3. The van der Waals surface area contributed by atoms with Crippen LogP contribution in [0, 0.1) is 0 Å². The molecular weight excluding hydrogens is 346 g/mol. The van der Waals surface area contributed by atoms with E-state index in [0.29, 0.717) is 35.3 Å². The molecule has 1 atom stereocenters. The second kappa shape index (κ2) is 8.31. The molecule has 8 heteroatoms. The van der Waals surface area contributed by atoms with Gasteiger partial charge in [-0.1, -0.05) is 12.1 Å². The molecule has 140 valence electrons. The highest BCUT2D eigenvalue weighted by Gasteiger charge is 2.12. The maximum Gasteiger partial charge on any atom is 0.251 e. The first-order valence-corrected chi connectivity index (χ1v) is 8.44. The van der Waals surface area contributed by atoms with E-state index in [1.165, 1.54) is 14.2 Å². The summed E-state index contributed by atoms with van der Waals surface area (Å²) in [6, 6.07) is 8.81. The molecule has 0 fully saturated rings. The van der Waals surface area contributed by atoms with E-state index >= 15 is 0 Å². The van der Waals surface area contributed by atoms with E-state index in [4.69, 9.17) is 9.47 Å². The smallest absolute Gasteiger partial charge is 0.251 e. The van der Waals surface area contributed by atoms with Crippen molar-refractivity contribution in [3.05, 3.63) is 54.6 Å². The maximum absolute atomic E-state index is 12.5. The van der Waals surface area contributed by atoms with Crippen LogP contribution in [0.5, 0.6) is 11.8 Å². The molecule has 2 aromatic heterocycles. The summed E-state index contributed by atoms with van der Waals surface area (Å²) in [5.74, 6) is 1.04. The van der Waals surface area contributed by atoms with Crippen molar-refractivity contribution >= 4 is 5.91 Å². The lowest BCUT2D eigenvalue weighted by molar-refractivity contribution is 0.0948. The number of aromatic nitrogens is 4. The molecule has 1 aromatic carbocycles. The molecule has 0 spiro atoms. The second-order valence-corrected chi connectivity index (χ2v) is 5.93. The molecule has 0 aliphatic rings. The minimum Gasteiger partial charge on any atom is -0.481 e. The number of rotatable bonds is 7. The van der Waals surface area contributed by atoms with Crippen molar-refractivity contribution in [3.8, 4) is 23.1 Å². The lowest BCUT2D eigenvalue weighted by Gasteiger charge is -2.14. The number of ether oxygens (including phenoxy) is 2. The lowest BCUT2D eigenvalue weighted by Crippen LogP contribution is -2.29. The first-order valence-electron chi connectivity index (χ1n) is 8.44. The summed E-state index contributed by atoms with van der Waals surface area (Å²) in [6.45, 7) is 2.50. The van der Waals surface area contributed by atoms with Crippen molar-refractivity contribution in [2.45, 2.75) is 13.0 Å². The van der Waals surface area contributed by atoms with E-state index in [9.17, 15) is 4.79 Å². The van der Waals surface area contributed by atoms with E-state index in [1.807, 2.05) is 23.8 Å². The molecule has 0 saturated carbocycles. The average Bonchev–Trinajstić information content (AvgIpc) is 3.26. The number of carbonyl (C=O) groups is 1. The maximum atomic E-state index is 12.5. The molecule has 8 nitrogen and oxygen atoms in total. The standard InChI is InChI=1S/C19H21N5O3/c1-13(24-8-7-20-12-24)11-21-19(25)15-6-4-5-14(9-15)18-22-16(26-2)10-17(23-18)27-3/h4-10,12-13H,11H2,1-3H3,(H,21,25)/t13-/m1/s1. The molecule has 0 bridgehead atoms. The highest BCUT2D eigenvalue weighted by Crippen LogP contribution is 2.23. The Bertz CT molecular complexity index is 889. The highest BCUT2D eigenvalue weighted by atomic mass is 16.5. The molecule has 0 radical (unpaired) electrons. The number of imidazole rings is 1. The monoisotopic (exact) mass is 367 g/mol. The summed E-state index contributed by atoms with van der Waals surface area (Å²) in [5, 5.41) is 2.93. The third-order valence-electron chi connectivity index (χ3n) is 4.07. The summed E-state index contributed by atoms with van der Waals surface area (Å²) in [5.41, 5.74) is 1.22. The normalized spacial score (nSPS) is 11.7. The van der Waals surface area contributed by atoms with Crippen molar-refractivity contribution in [1.29, 1.82) is 0 Å². The number of hydrogen-bond acceptors (Lipinski definition) is 6. The Kier molecular flexibility index (Phi) is 5.65. The molecule has 0 saturated heterocycles. The third-order valence-corrected chi connectivity index (χ3v) is 4.07. The molecule has 27 heavy (non-hydrogen) atoms. The first kappa shape index (κ1) is 18.4. The van der Waals surface area contributed by atoms with Crippen molar-refractivity contribution in [2.24, 2.45) is 0 Å². The number of nitrogens with zero attached hydrogens (tertiary/aromatic N) is 4. The van der Waals surface area contributed by atoms with Gasteiger partial charge in [-0.15, -0.1) is 0 Å². The Morgan fingerprint density at radius 3 is 2.56 bits per heavy atom. The number of hydrogen-bond donors (Lipinski definition) is 1. The Morgan fingerprint density at radius 2 is 1.93 bits per heavy atom. The average molecular weight is 367 g/mol. The molecule has 0 unspecified atom stereocenters. The van der Waals surface area contributed by atoms with Gasteiger partial charge in [0.1, 0.15) is 0 Å². The molecule has 0 aliphatic carbocycles. The zero-order valence-corrected chi connectivity index (χ0v) is 15.4. The van der Waals surface area contributed by atoms with Crippen molar-refractivity contribution in [3.63, 3.8) is 0 Å². The fraction of sp³-hybridized carbons (Fsp3) is 0.263. The Morgan fingerprint density at radius 1 is 1.19 bits per heavy atom. The van der Waals surface area contributed by atoms with E-state index in [2.05, 4.69) is 20.3 Å². The van der Waals surface area contributed by atoms with E-state index < -0.39 is 0 Å². The molecular formula is C19H21N5O3. The topological polar surface area (TPSA) is 91.2 Å². The molecule has 3 rings (SSSR count). The van der Waals surface area contributed by atoms with Crippen LogP contribution in [-0.2, 0) is 0 Å². The summed E-state index contributed by atoms with van der Waals surface area (Å²) in [4.78, 5) is 25.2. The summed E-state index contributed by atoms with van der Waals surface area (Å²) in [7, 11) is 3.05. The van der Waals surface area contributed by atoms with E-state index in [1.54, 1.807) is 36.8 Å². The predicted octanol–water partition coefficient (Wildman–Crippen LogP) is 2.35. The van der Waals surface area contributed by atoms with Crippen LogP contribution in [0.2, 0.25) is 0 Å². The zero-order chi connectivity index (χ0) is 19.2. The van der Waals surface area contributed by atoms with Crippen LogP contribution < -0.4 is 14.8 Å². The van der Waals surface area contributed by atoms with Gasteiger partial charge in [0.25, 0.3) is 5.91 Å². The first-order chi connectivity index (χ1) is 13.1. The quantitative estimate of drug-likeness (QED) is 0.689. The molecule has 2 heterocycles. The Hall–Kier alpha value is -3.42. The van der Waals surface area contributed by atoms with Gasteiger partial charge in [0, 0.05) is 36.1 Å². The molecule has 1 N–H and O–H groups in total. The van der Waals surface area contributed by atoms with Gasteiger partial charge in [-0.25, -0.2) is 4.98 Å². The summed E-state index contributed by atoms with van der Waals surface area (Å²) >= 11 is 0. The largest absolute Gasteiger partial charge is 0.481 e. The van der Waals surface area contributed by atoms with Crippen LogP contribution in [0.25, 0.3) is 11.4 Å². The Balaban J connectivity index is 1.76. The molecule has 0 aliphatic heterocycles. The number of nitrogens with one attached hydrogen (secondary N) is 1. The van der Waals surface area contributed by atoms with Crippen molar-refractivity contribution in [1.82, 2.24) is 24.8 Å². The third kappa shape index (κ3) is 4.41. The Labute approximate surface area is 157 Å². The van der Waals surface area contributed by atoms with Crippen LogP contribution in [0.3, 0.4) is 0 Å². The minimum atomic E-state index is -0.168. The molecule has 3 aromatic rings. The summed E-state index contributed by atoms with van der Waals surface area (Å²) in [6.07, 6.45) is 5.31. The number of amides is 1. The number of methoxy groups -OCH3 is 2. The van der Waals surface area contributed by atoms with Gasteiger partial charge < -0.3 is 19.4 Å². The lowest BCUT2D eigenvalue weighted by atomic mass is 10.1. The highest BCUT2D eigenvalue weighted by molar-refractivity contribution is 5.95. The number of carbonyl (C=O) groups excluding carboxylic acids is 1. The van der Waals surface area contributed by atoms with Gasteiger partial charge in [-0.2, -0.15) is 9.97 Å². The van der Waals surface area contributed by atoms with Gasteiger partial charge in [0.2, 0.25) is 11.8 Å². The van der Waals surface area contributed by atoms with Crippen molar-refractivity contribution < 1.29 is 14.3 Å². The fourth-order valence-electron chi connectivity index (χ4n) is 2.52. The van der Waals surface area contributed by atoms with Crippen LogP contribution in [0.15, 0.2) is 49.1 Å². The minimum absolute atomic E-state index is 0.102. The van der Waals surface area contributed by atoms with Gasteiger partial charge in [-0.3, -0.25) is 4.79 Å². The van der Waals surface area contributed by atoms with E-state index in [0.717, 1.165) is 0 Å². The number of benzene rings is 1. The van der Waals surface area contributed by atoms with Gasteiger partial charge in [-0.05, 0) is 19.1 Å². The van der Waals surface area contributed by atoms with Gasteiger partial charge >= 0.3 is 0 Å². The zero-order valence-electron chi connectivity index (χ0n) is 15.4. The van der Waals surface area contributed by atoms with E-state index in [-0.39, 0.29) is 11.9 Å². The van der Waals surface area contributed by atoms with Crippen molar-refractivity contribution in [2.75, 3.05) is 20.8 Å². The van der Waals surface area contributed by atoms with Crippen LogP contribution >= 0.6 is 0 Å². The SMILES string of the molecule is COc1cc(OC)nc(-c2cccc(C(=O)NC[C@@H](C)n3ccnc3)c2)n1. The second-order valence-electron chi connectivity index (χ2n) is 5.93.